The van der Waals surface area contributed by atoms with Crippen molar-refractivity contribution in [3.8, 4) is 5.75 Å². The molecule has 0 unspecified atom stereocenters. The van der Waals surface area contributed by atoms with E-state index in [1.54, 1.807) is 0 Å². The lowest BCUT2D eigenvalue weighted by atomic mass is 10.2. The molecule has 0 bridgehead atoms. The molecule has 0 aliphatic carbocycles. The van der Waals surface area contributed by atoms with Gasteiger partial charge < -0.3 is 9.47 Å². The zero-order valence-electron chi connectivity index (χ0n) is 8.85. The van der Waals surface area contributed by atoms with E-state index in [9.17, 15) is 0 Å². The Kier molecular flexibility index (Phi) is 5.64. The Bertz CT molecular complexity index is 303. The highest BCUT2D eigenvalue weighted by molar-refractivity contribution is 9.11. The second-order valence-corrected chi connectivity index (χ2v) is 4.81. The van der Waals surface area contributed by atoms with Gasteiger partial charge in [-0.05, 0) is 63.4 Å². The minimum atomic E-state index is 0.564. The molecule has 0 amide bonds. The molecule has 0 aliphatic rings. The van der Waals surface area contributed by atoms with Crippen LogP contribution in [0.15, 0.2) is 21.1 Å². The zero-order valence-corrected chi connectivity index (χ0v) is 12.0. The molecule has 15 heavy (non-hydrogen) atoms. The summed E-state index contributed by atoms with van der Waals surface area (Å²) < 4.78 is 12.7. The predicted molar refractivity (Wildman–Crippen MR) is 68.6 cm³/mol. The van der Waals surface area contributed by atoms with Crippen molar-refractivity contribution in [2.45, 2.75) is 13.8 Å². The summed E-state index contributed by atoms with van der Waals surface area (Å²) in [6.45, 7) is 5.91. The smallest absolute Gasteiger partial charge is 0.147 e. The number of ether oxygens (including phenoxy) is 2. The highest BCUT2D eigenvalue weighted by atomic mass is 79.9. The molecule has 0 radical (unpaired) electrons. The van der Waals surface area contributed by atoms with Crippen LogP contribution in [0.5, 0.6) is 5.75 Å². The van der Waals surface area contributed by atoms with Crippen molar-refractivity contribution in [3.05, 3.63) is 26.6 Å². The lowest BCUT2D eigenvalue weighted by Gasteiger charge is -2.11. The lowest BCUT2D eigenvalue weighted by molar-refractivity contribution is 0.109. The summed E-state index contributed by atoms with van der Waals surface area (Å²) in [5.74, 6) is 0.834. The van der Waals surface area contributed by atoms with Gasteiger partial charge in [0.1, 0.15) is 12.4 Å². The van der Waals surface area contributed by atoms with Crippen molar-refractivity contribution in [2.24, 2.45) is 0 Å². The molecule has 0 aromatic heterocycles. The van der Waals surface area contributed by atoms with E-state index in [0.717, 1.165) is 21.3 Å². The van der Waals surface area contributed by atoms with Gasteiger partial charge in [0.2, 0.25) is 0 Å². The molecule has 1 rings (SSSR count). The number of rotatable bonds is 5. The van der Waals surface area contributed by atoms with Crippen LogP contribution in [0.25, 0.3) is 0 Å². The standard InChI is InChI=1S/C11H14Br2O2/c1-3-14-4-5-15-11-9(12)6-8(2)7-10(11)13/h6-7H,3-5H2,1-2H3. The van der Waals surface area contributed by atoms with Gasteiger partial charge >= 0.3 is 0 Å². The first-order valence-corrected chi connectivity index (χ1v) is 6.40. The van der Waals surface area contributed by atoms with Gasteiger partial charge in [-0.2, -0.15) is 0 Å². The third-order valence-corrected chi connectivity index (χ3v) is 3.00. The van der Waals surface area contributed by atoms with Crippen LogP contribution in [0, 0.1) is 6.92 Å². The van der Waals surface area contributed by atoms with Crippen molar-refractivity contribution < 1.29 is 9.47 Å². The van der Waals surface area contributed by atoms with E-state index in [1.165, 1.54) is 5.56 Å². The largest absolute Gasteiger partial charge is 0.489 e. The number of hydrogen-bond donors (Lipinski definition) is 0. The van der Waals surface area contributed by atoms with Crippen LogP contribution in [0.1, 0.15) is 12.5 Å². The molecule has 0 heterocycles. The van der Waals surface area contributed by atoms with Gasteiger partial charge in [0.05, 0.1) is 15.6 Å². The second-order valence-electron chi connectivity index (χ2n) is 3.10. The van der Waals surface area contributed by atoms with Crippen molar-refractivity contribution in [1.29, 1.82) is 0 Å². The lowest BCUT2D eigenvalue weighted by Crippen LogP contribution is -2.07. The van der Waals surface area contributed by atoms with Gasteiger partial charge in [-0.25, -0.2) is 0 Å². The molecule has 0 atom stereocenters. The van der Waals surface area contributed by atoms with E-state index in [4.69, 9.17) is 9.47 Å². The van der Waals surface area contributed by atoms with Gasteiger partial charge in [0, 0.05) is 6.61 Å². The Morgan fingerprint density at radius 2 is 1.73 bits per heavy atom. The molecule has 0 N–H and O–H groups in total. The molecule has 4 heteroatoms. The SMILES string of the molecule is CCOCCOc1c(Br)cc(C)cc1Br. The van der Waals surface area contributed by atoms with Crippen molar-refractivity contribution in [2.75, 3.05) is 19.8 Å². The fourth-order valence-corrected chi connectivity index (χ4v) is 2.82. The molecule has 1 aromatic rings. The minimum absolute atomic E-state index is 0.564. The summed E-state index contributed by atoms with van der Waals surface area (Å²) in [5, 5.41) is 0. The molecule has 84 valence electrons. The molecule has 0 fully saturated rings. The van der Waals surface area contributed by atoms with Crippen LogP contribution in [-0.4, -0.2) is 19.8 Å². The first kappa shape index (κ1) is 13.0. The van der Waals surface area contributed by atoms with E-state index in [2.05, 4.69) is 31.9 Å². The van der Waals surface area contributed by atoms with E-state index in [0.29, 0.717) is 13.2 Å². The summed E-state index contributed by atoms with van der Waals surface area (Å²) in [5.41, 5.74) is 1.19. The van der Waals surface area contributed by atoms with Crippen LogP contribution in [0.4, 0.5) is 0 Å². The molecule has 1 aromatic carbocycles. The summed E-state index contributed by atoms with van der Waals surface area (Å²) in [4.78, 5) is 0. The average molecular weight is 338 g/mol. The van der Waals surface area contributed by atoms with Gasteiger partial charge in [0.25, 0.3) is 0 Å². The van der Waals surface area contributed by atoms with Crippen LogP contribution >= 0.6 is 31.9 Å². The van der Waals surface area contributed by atoms with Gasteiger partial charge in [-0.3, -0.25) is 0 Å². The van der Waals surface area contributed by atoms with Gasteiger partial charge in [-0.1, -0.05) is 0 Å². The van der Waals surface area contributed by atoms with E-state index in [1.807, 2.05) is 26.0 Å². The fraction of sp³-hybridized carbons (Fsp3) is 0.455. The number of benzene rings is 1. The Morgan fingerprint density at radius 1 is 1.13 bits per heavy atom. The monoisotopic (exact) mass is 336 g/mol. The Hall–Kier alpha value is -0.0600. The molecule has 0 saturated heterocycles. The van der Waals surface area contributed by atoms with Gasteiger partial charge in [0.15, 0.2) is 0 Å². The molecular formula is C11H14Br2O2. The quantitative estimate of drug-likeness (QED) is 0.758. The third kappa shape index (κ3) is 4.13. The highest BCUT2D eigenvalue weighted by Gasteiger charge is 2.07. The van der Waals surface area contributed by atoms with Crippen LogP contribution < -0.4 is 4.74 Å². The Balaban J connectivity index is 2.60. The zero-order chi connectivity index (χ0) is 11.3. The average Bonchev–Trinajstić information content (AvgIpc) is 2.15. The Morgan fingerprint density at radius 3 is 2.27 bits per heavy atom. The van der Waals surface area contributed by atoms with Crippen LogP contribution in [-0.2, 0) is 4.74 Å². The fourth-order valence-electron chi connectivity index (χ4n) is 1.17. The Labute approximate surface area is 107 Å². The van der Waals surface area contributed by atoms with Crippen LogP contribution in [0.2, 0.25) is 0 Å². The van der Waals surface area contributed by atoms with Crippen molar-refractivity contribution in [3.63, 3.8) is 0 Å². The normalized spacial score (nSPS) is 10.4. The number of hydrogen-bond acceptors (Lipinski definition) is 2. The predicted octanol–water partition coefficient (Wildman–Crippen LogP) is 3.94. The first-order valence-electron chi connectivity index (χ1n) is 4.81. The maximum atomic E-state index is 5.61. The maximum absolute atomic E-state index is 5.61. The van der Waals surface area contributed by atoms with E-state index < -0.39 is 0 Å². The number of halogens is 2. The highest BCUT2D eigenvalue weighted by Crippen LogP contribution is 2.34. The van der Waals surface area contributed by atoms with E-state index >= 15 is 0 Å². The number of aryl methyl sites for hydroxylation is 1. The van der Waals surface area contributed by atoms with Crippen molar-refractivity contribution in [1.82, 2.24) is 0 Å². The topological polar surface area (TPSA) is 18.5 Å². The molecule has 0 aliphatic heterocycles. The van der Waals surface area contributed by atoms with Crippen molar-refractivity contribution >= 4 is 31.9 Å². The molecule has 0 spiro atoms. The summed E-state index contributed by atoms with van der Waals surface area (Å²) in [6, 6.07) is 4.06. The van der Waals surface area contributed by atoms with E-state index in [-0.39, 0.29) is 0 Å². The van der Waals surface area contributed by atoms with Crippen LogP contribution in [0.3, 0.4) is 0 Å². The summed E-state index contributed by atoms with van der Waals surface area (Å²) in [7, 11) is 0. The third-order valence-electron chi connectivity index (χ3n) is 1.82. The minimum Gasteiger partial charge on any atom is -0.489 e. The van der Waals surface area contributed by atoms with Gasteiger partial charge in [-0.15, -0.1) is 0 Å². The second kappa shape index (κ2) is 6.51. The molecule has 0 saturated carbocycles. The maximum Gasteiger partial charge on any atom is 0.147 e. The molecule has 2 nitrogen and oxygen atoms in total. The summed E-state index contributed by atoms with van der Waals surface area (Å²) in [6.07, 6.45) is 0. The summed E-state index contributed by atoms with van der Waals surface area (Å²) >= 11 is 6.94. The molecular weight excluding hydrogens is 324 g/mol. The first-order chi connectivity index (χ1) is 7.15.